The van der Waals surface area contributed by atoms with E-state index in [9.17, 15) is 15.0 Å². The van der Waals surface area contributed by atoms with Crippen LogP contribution in [0.15, 0.2) is 59.8 Å². The van der Waals surface area contributed by atoms with Crippen LogP contribution in [-0.2, 0) is 0 Å². The van der Waals surface area contributed by atoms with Crippen molar-refractivity contribution in [1.82, 2.24) is 14.9 Å². The summed E-state index contributed by atoms with van der Waals surface area (Å²) < 4.78 is 3.32. The van der Waals surface area contributed by atoms with E-state index in [-0.39, 0.29) is 17.9 Å². The zero-order valence-electron chi connectivity index (χ0n) is 19.1. The van der Waals surface area contributed by atoms with E-state index in [2.05, 4.69) is 14.7 Å². The lowest BCUT2D eigenvalue weighted by Gasteiger charge is -2.45. The molecule has 3 aromatic rings. The van der Waals surface area contributed by atoms with Crippen LogP contribution in [0.25, 0.3) is 11.0 Å². The molecular weight excluding hydrogens is 448 g/mol. The third kappa shape index (κ3) is 4.89. The van der Waals surface area contributed by atoms with Crippen LogP contribution >= 0.6 is 11.9 Å². The maximum Gasteiger partial charge on any atom is 0.253 e. The van der Waals surface area contributed by atoms with Crippen LogP contribution in [0.1, 0.15) is 48.9 Å². The lowest BCUT2D eigenvalue weighted by Crippen LogP contribution is -2.51. The highest BCUT2D eigenvalue weighted by atomic mass is 32.2. The zero-order chi connectivity index (χ0) is 23.5. The molecule has 178 valence electrons. The van der Waals surface area contributed by atoms with Crippen LogP contribution in [0.3, 0.4) is 0 Å². The van der Waals surface area contributed by atoms with Gasteiger partial charge < -0.3 is 19.8 Å². The van der Waals surface area contributed by atoms with Gasteiger partial charge in [-0.1, -0.05) is 6.07 Å². The number of para-hydroxylation sites is 1. The first kappa shape index (κ1) is 23.1. The normalized spacial score (nSPS) is 22.5. The molecule has 0 bridgehead atoms. The van der Waals surface area contributed by atoms with Gasteiger partial charge in [0.1, 0.15) is 5.52 Å². The topological polar surface area (TPSA) is 98.6 Å². The van der Waals surface area contributed by atoms with E-state index < -0.39 is 5.60 Å². The fourth-order valence-electron chi connectivity index (χ4n) is 5.14. The van der Waals surface area contributed by atoms with Gasteiger partial charge in [0.15, 0.2) is 0 Å². The summed E-state index contributed by atoms with van der Waals surface area (Å²) in [5, 5.41) is 20.9. The summed E-state index contributed by atoms with van der Waals surface area (Å²) in [5.41, 5.74) is 2.54. The highest BCUT2D eigenvalue weighted by Crippen LogP contribution is 2.39. The molecule has 3 N–H and O–H groups in total. The molecule has 2 aromatic carbocycles. The van der Waals surface area contributed by atoms with E-state index in [4.69, 9.17) is 0 Å². The summed E-state index contributed by atoms with van der Waals surface area (Å²) in [5.74, 6) is 0.230. The number of likely N-dealkylation sites (tertiary alicyclic amines) is 1. The van der Waals surface area contributed by atoms with Gasteiger partial charge in [0.2, 0.25) is 0 Å². The minimum atomic E-state index is -0.714. The second-order valence-electron chi connectivity index (χ2n) is 9.36. The van der Waals surface area contributed by atoms with Crippen molar-refractivity contribution in [3.63, 3.8) is 0 Å². The van der Waals surface area contributed by atoms with E-state index >= 15 is 0 Å². The van der Waals surface area contributed by atoms with E-state index in [0.29, 0.717) is 31.5 Å². The third-order valence-electron chi connectivity index (χ3n) is 7.25. The number of aliphatic hydroxyl groups excluding tert-OH is 1. The first-order valence-corrected chi connectivity index (χ1v) is 12.8. The Bertz CT molecular complexity index is 1140. The molecule has 0 radical (unpaired) electrons. The Morgan fingerprint density at radius 1 is 1.00 bits per heavy atom. The van der Waals surface area contributed by atoms with Gasteiger partial charge in [0.25, 0.3) is 5.91 Å². The van der Waals surface area contributed by atoms with Crippen LogP contribution in [0.2, 0.25) is 0 Å². The molecule has 2 fully saturated rings. The summed E-state index contributed by atoms with van der Waals surface area (Å²) in [6, 6.07) is 13.4. The predicted octanol–water partition coefficient (Wildman–Crippen LogP) is 4.27. The summed E-state index contributed by atoms with van der Waals surface area (Å²) in [7, 11) is 0. The highest BCUT2D eigenvalue weighted by Gasteiger charge is 2.41. The molecule has 34 heavy (non-hydrogen) atoms. The van der Waals surface area contributed by atoms with Gasteiger partial charge in [-0.15, -0.1) is 0 Å². The maximum atomic E-state index is 13.0. The van der Waals surface area contributed by atoms with Gasteiger partial charge in [0, 0.05) is 36.7 Å². The Morgan fingerprint density at radius 3 is 2.44 bits per heavy atom. The maximum absolute atomic E-state index is 13.0. The fourth-order valence-corrected chi connectivity index (χ4v) is 5.91. The number of nitrogens with one attached hydrogen (secondary N) is 1. The summed E-state index contributed by atoms with van der Waals surface area (Å²) >= 11 is 1.47. The van der Waals surface area contributed by atoms with Crippen molar-refractivity contribution in [2.75, 3.05) is 17.8 Å². The smallest absolute Gasteiger partial charge is 0.253 e. The molecule has 2 heterocycles. The number of benzene rings is 2. The van der Waals surface area contributed by atoms with Crippen LogP contribution < -0.4 is 4.72 Å². The standard InChI is InChI=1S/C26H30N4O3S/c31-21-10-6-19(7-11-21)26(33)12-16-30(17-13-26)25(32)18-4-8-20(9-5-18)29-34-23-3-1-2-22-24(23)28-15-14-27-22/h1-5,8-9,14-15,19,21,29,31,33H,6-7,10-13,16-17H2. The number of piperidine rings is 1. The Hall–Kier alpha value is -2.68. The van der Waals surface area contributed by atoms with Gasteiger partial charge in [-0.25, -0.2) is 0 Å². The largest absolute Gasteiger partial charge is 0.393 e. The van der Waals surface area contributed by atoms with Crippen molar-refractivity contribution in [1.29, 1.82) is 0 Å². The molecule has 5 rings (SSSR count). The van der Waals surface area contributed by atoms with E-state index in [1.807, 2.05) is 47.4 Å². The number of aromatic nitrogens is 2. The van der Waals surface area contributed by atoms with Crippen LogP contribution in [0.4, 0.5) is 5.69 Å². The Labute approximate surface area is 203 Å². The lowest BCUT2D eigenvalue weighted by atomic mass is 9.71. The third-order valence-corrected chi connectivity index (χ3v) is 8.13. The van der Waals surface area contributed by atoms with Crippen molar-refractivity contribution in [2.45, 2.75) is 55.1 Å². The second kappa shape index (κ2) is 9.90. The number of amides is 1. The second-order valence-corrected chi connectivity index (χ2v) is 10.2. The molecule has 0 spiro atoms. The van der Waals surface area contributed by atoms with Gasteiger partial charge in [-0.05, 0) is 92.8 Å². The van der Waals surface area contributed by atoms with Crippen molar-refractivity contribution in [2.24, 2.45) is 5.92 Å². The van der Waals surface area contributed by atoms with E-state index in [0.717, 1.165) is 47.3 Å². The first-order valence-electron chi connectivity index (χ1n) is 11.9. The number of carbonyl (C=O) groups excluding carboxylic acids is 1. The molecule has 1 aromatic heterocycles. The Morgan fingerprint density at radius 2 is 1.71 bits per heavy atom. The molecule has 1 aliphatic carbocycles. The summed E-state index contributed by atoms with van der Waals surface area (Å²) in [6.07, 6.45) is 7.61. The molecule has 8 heteroatoms. The molecule has 1 amide bonds. The molecule has 2 aliphatic rings. The van der Waals surface area contributed by atoms with Gasteiger partial charge >= 0.3 is 0 Å². The van der Waals surface area contributed by atoms with Crippen LogP contribution in [0.5, 0.6) is 0 Å². The average Bonchev–Trinajstić information content (AvgIpc) is 2.88. The van der Waals surface area contributed by atoms with Crippen molar-refractivity contribution < 1.29 is 15.0 Å². The molecule has 1 aliphatic heterocycles. The SMILES string of the molecule is O=C(c1ccc(NSc2cccc3nccnc23)cc1)N1CCC(O)(C2CCC(O)CC2)CC1. The molecule has 0 unspecified atom stereocenters. The number of aliphatic hydroxyl groups is 2. The van der Waals surface area contributed by atoms with Crippen molar-refractivity contribution in [3.8, 4) is 0 Å². The van der Waals surface area contributed by atoms with E-state index in [1.165, 1.54) is 11.9 Å². The highest BCUT2D eigenvalue weighted by molar-refractivity contribution is 8.00. The number of fused-ring (bicyclic) bond motifs is 1. The van der Waals surface area contributed by atoms with Crippen LogP contribution in [0, 0.1) is 5.92 Å². The number of rotatable bonds is 5. The predicted molar refractivity (Wildman–Crippen MR) is 134 cm³/mol. The minimum Gasteiger partial charge on any atom is -0.393 e. The Balaban J connectivity index is 1.17. The number of carbonyl (C=O) groups is 1. The summed E-state index contributed by atoms with van der Waals surface area (Å²) in [4.78, 5) is 24.6. The van der Waals surface area contributed by atoms with Crippen molar-refractivity contribution >= 4 is 34.6 Å². The minimum absolute atomic E-state index is 0.00430. The van der Waals surface area contributed by atoms with Gasteiger partial charge in [-0.2, -0.15) is 0 Å². The monoisotopic (exact) mass is 478 g/mol. The number of nitrogens with zero attached hydrogens (tertiary/aromatic N) is 3. The average molecular weight is 479 g/mol. The van der Waals surface area contributed by atoms with Crippen LogP contribution in [-0.4, -0.2) is 55.8 Å². The molecule has 0 atom stereocenters. The number of hydrogen-bond donors (Lipinski definition) is 3. The lowest BCUT2D eigenvalue weighted by molar-refractivity contribution is -0.0813. The Kier molecular flexibility index (Phi) is 6.72. The van der Waals surface area contributed by atoms with Gasteiger partial charge in [-0.3, -0.25) is 14.8 Å². The molecular formula is C26H30N4O3S. The molecule has 1 saturated carbocycles. The zero-order valence-corrected chi connectivity index (χ0v) is 19.9. The summed E-state index contributed by atoms with van der Waals surface area (Å²) in [6.45, 7) is 1.12. The number of anilines is 1. The quantitative estimate of drug-likeness (QED) is 0.471. The molecule has 1 saturated heterocycles. The first-order chi connectivity index (χ1) is 16.5. The fraction of sp³-hybridized carbons (Fsp3) is 0.423. The molecule has 7 nitrogen and oxygen atoms in total. The van der Waals surface area contributed by atoms with E-state index in [1.54, 1.807) is 12.4 Å². The number of hydrogen-bond acceptors (Lipinski definition) is 7. The van der Waals surface area contributed by atoms with Gasteiger partial charge in [0.05, 0.1) is 22.1 Å². The van der Waals surface area contributed by atoms with Crippen molar-refractivity contribution in [3.05, 3.63) is 60.4 Å².